The number of anilines is 2. The van der Waals surface area contributed by atoms with Crippen LogP contribution in [0.3, 0.4) is 0 Å². The van der Waals surface area contributed by atoms with Gasteiger partial charge in [-0.25, -0.2) is 9.48 Å². The summed E-state index contributed by atoms with van der Waals surface area (Å²) in [7, 11) is 1.51. The molecule has 158 valence electrons. The molecular weight excluding hydrogens is 412 g/mol. The average Bonchev–Trinajstić information content (AvgIpc) is 3.31. The quantitative estimate of drug-likeness (QED) is 0.424. The molecule has 8 heteroatoms. The van der Waals surface area contributed by atoms with Gasteiger partial charge in [0.1, 0.15) is 11.6 Å². The van der Waals surface area contributed by atoms with Crippen molar-refractivity contribution in [2.45, 2.75) is 20.8 Å². The van der Waals surface area contributed by atoms with Gasteiger partial charge in [0.2, 0.25) is 0 Å². The molecule has 2 aromatic heterocycles. The first-order valence-corrected chi connectivity index (χ1v) is 10.4. The number of rotatable bonds is 6. The normalized spacial score (nSPS) is 10.8. The standard InChI is InChI=1S/C23H22N4O3S/c1-13-7-5-6-8-19(13)27-22(21(15(3)25-27)20-11-14(2)26-31-20)24-18-10-9-16(30-4)12-17(18)23(28)29/h5-12,24H,1-4H3,(H,28,29). The monoisotopic (exact) mass is 434 g/mol. The zero-order valence-corrected chi connectivity index (χ0v) is 18.4. The van der Waals surface area contributed by atoms with E-state index in [0.717, 1.165) is 33.1 Å². The summed E-state index contributed by atoms with van der Waals surface area (Å²) in [6, 6.07) is 14.9. The number of aryl methyl sites for hydroxylation is 3. The lowest BCUT2D eigenvalue weighted by molar-refractivity contribution is 0.0697. The molecule has 0 spiro atoms. The summed E-state index contributed by atoms with van der Waals surface area (Å²) in [4.78, 5) is 12.9. The van der Waals surface area contributed by atoms with E-state index in [4.69, 9.17) is 9.84 Å². The van der Waals surface area contributed by atoms with Crippen LogP contribution in [-0.2, 0) is 0 Å². The maximum absolute atomic E-state index is 11.9. The minimum Gasteiger partial charge on any atom is -0.497 e. The molecule has 0 fully saturated rings. The second-order valence-electron chi connectivity index (χ2n) is 7.18. The molecule has 0 unspecified atom stereocenters. The highest BCUT2D eigenvalue weighted by Gasteiger charge is 2.23. The first-order valence-electron chi connectivity index (χ1n) is 9.66. The number of carboxylic acid groups (broad SMARTS) is 1. The number of ether oxygens (including phenoxy) is 1. The highest BCUT2D eigenvalue weighted by atomic mass is 32.1. The van der Waals surface area contributed by atoms with Crippen molar-refractivity contribution in [1.82, 2.24) is 14.2 Å². The van der Waals surface area contributed by atoms with E-state index >= 15 is 0 Å². The summed E-state index contributed by atoms with van der Waals surface area (Å²) in [5.41, 5.74) is 5.15. The third-order valence-corrected chi connectivity index (χ3v) is 5.89. The lowest BCUT2D eigenvalue weighted by Gasteiger charge is -2.15. The van der Waals surface area contributed by atoms with Gasteiger partial charge < -0.3 is 15.2 Å². The average molecular weight is 435 g/mol. The van der Waals surface area contributed by atoms with Crippen LogP contribution in [-0.4, -0.2) is 32.3 Å². The lowest BCUT2D eigenvalue weighted by Crippen LogP contribution is -2.08. The van der Waals surface area contributed by atoms with Crippen LogP contribution in [0.5, 0.6) is 5.75 Å². The number of benzene rings is 2. The van der Waals surface area contributed by atoms with E-state index in [-0.39, 0.29) is 5.56 Å². The minimum absolute atomic E-state index is 0.112. The Bertz CT molecular complexity index is 1280. The molecule has 4 rings (SSSR count). The molecule has 0 saturated carbocycles. The Labute approximate surface area is 184 Å². The van der Waals surface area contributed by atoms with Gasteiger partial charge in [-0.15, -0.1) is 0 Å². The van der Waals surface area contributed by atoms with Crippen LogP contribution in [0, 0.1) is 20.8 Å². The summed E-state index contributed by atoms with van der Waals surface area (Å²) < 4.78 is 11.4. The summed E-state index contributed by atoms with van der Waals surface area (Å²) in [6.45, 7) is 5.90. The Morgan fingerprint density at radius 3 is 2.55 bits per heavy atom. The number of aromatic nitrogens is 3. The predicted octanol–water partition coefficient (Wildman–Crippen LogP) is 5.37. The second-order valence-corrected chi connectivity index (χ2v) is 7.99. The lowest BCUT2D eigenvalue weighted by atomic mass is 10.1. The molecule has 7 nitrogen and oxygen atoms in total. The molecule has 0 bridgehead atoms. The third kappa shape index (κ3) is 3.89. The fourth-order valence-corrected chi connectivity index (χ4v) is 4.31. The van der Waals surface area contributed by atoms with Crippen molar-refractivity contribution in [3.63, 3.8) is 0 Å². The van der Waals surface area contributed by atoms with Gasteiger partial charge in [0.15, 0.2) is 0 Å². The number of hydrogen-bond acceptors (Lipinski definition) is 6. The zero-order valence-electron chi connectivity index (χ0n) is 17.6. The zero-order chi connectivity index (χ0) is 22.1. The topological polar surface area (TPSA) is 89.3 Å². The van der Waals surface area contributed by atoms with Gasteiger partial charge in [-0.2, -0.15) is 9.47 Å². The van der Waals surface area contributed by atoms with Crippen molar-refractivity contribution in [2.75, 3.05) is 12.4 Å². The Morgan fingerprint density at radius 1 is 1.13 bits per heavy atom. The first-order chi connectivity index (χ1) is 14.9. The maximum Gasteiger partial charge on any atom is 0.337 e. The molecule has 0 aliphatic rings. The highest BCUT2D eigenvalue weighted by Crippen LogP contribution is 2.39. The Balaban J connectivity index is 1.94. The van der Waals surface area contributed by atoms with E-state index in [1.54, 1.807) is 12.1 Å². The summed E-state index contributed by atoms with van der Waals surface area (Å²) in [5, 5.41) is 17.9. The molecule has 2 N–H and O–H groups in total. The third-order valence-electron chi connectivity index (χ3n) is 4.99. The van der Waals surface area contributed by atoms with Gasteiger partial charge in [-0.05, 0) is 68.2 Å². The molecule has 4 aromatic rings. The van der Waals surface area contributed by atoms with E-state index in [1.807, 2.05) is 55.8 Å². The van der Waals surface area contributed by atoms with E-state index in [9.17, 15) is 9.90 Å². The Kier molecular flexibility index (Phi) is 5.48. The van der Waals surface area contributed by atoms with Crippen LogP contribution in [0.4, 0.5) is 11.5 Å². The SMILES string of the molecule is COc1ccc(Nc2c(-c3cc(C)ns3)c(C)nn2-c2ccccc2C)c(C(=O)O)c1. The maximum atomic E-state index is 11.9. The van der Waals surface area contributed by atoms with Crippen molar-refractivity contribution >= 4 is 29.0 Å². The molecular formula is C23H22N4O3S. The molecule has 2 heterocycles. The van der Waals surface area contributed by atoms with Crippen LogP contribution >= 0.6 is 11.5 Å². The Morgan fingerprint density at radius 2 is 1.90 bits per heavy atom. The number of methoxy groups -OCH3 is 1. The van der Waals surface area contributed by atoms with Crippen LogP contribution in [0.15, 0.2) is 48.5 Å². The summed E-state index contributed by atoms with van der Waals surface area (Å²) in [6.07, 6.45) is 0. The molecule has 0 radical (unpaired) electrons. The molecule has 2 aromatic carbocycles. The molecule has 0 saturated heterocycles. The van der Waals surface area contributed by atoms with E-state index in [0.29, 0.717) is 17.3 Å². The van der Waals surface area contributed by atoms with E-state index in [2.05, 4.69) is 9.69 Å². The van der Waals surface area contributed by atoms with Gasteiger partial charge in [-0.3, -0.25) is 0 Å². The van der Waals surface area contributed by atoms with Gasteiger partial charge in [0, 0.05) is 0 Å². The van der Waals surface area contributed by atoms with Crippen LogP contribution < -0.4 is 10.1 Å². The number of nitrogens with zero attached hydrogens (tertiary/aromatic N) is 3. The second kappa shape index (κ2) is 8.23. The van der Waals surface area contributed by atoms with Crippen molar-refractivity contribution < 1.29 is 14.6 Å². The van der Waals surface area contributed by atoms with Gasteiger partial charge in [0.25, 0.3) is 0 Å². The Hall–Kier alpha value is -3.65. The van der Waals surface area contributed by atoms with Crippen LogP contribution in [0.1, 0.15) is 27.3 Å². The number of aromatic carboxylic acids is 1. The van der Waals surface area contributed by atoms with Crippen molar-refractivity contribution in [3.05, 3.63) is 71.0 Å². The fourth-order valence-electron chi connectivity index (χ4n) is 3.46. The van der Waals surface area contributed by atoms with Gasteiger partial charge in [-0.1, -0.05) is 18.2 Å². The number of carboxylic acids is 1. The number of carbonyl (C=O) groups is 1. The smallest absolute Gasteiger partial charge is 0.337 e. The summed E-state index contributed by atoms with van der Waals surface area (Å²) in [5.74, 6) is 0.114. The molecule has 0 aliphatic heterocycles. The van der Waals surface area contributed by atoms with Crippen molar-refractivity contribution in [2.24, 2.45) is 0 Å². The van der Waals surface area contributed by atoms with Crippen molar-refractivity contribution in [3.8, 4) is 21.9 Å². The largest absolute Gasteiger partial charge is 0.497 e. The summed E-state index contributed by atoms with van der Waals surface area (Å²) >= 11 is 1.39. The first kappa shape index (κ1) is 20.6. The van der Waals surface area contributed by atoms with Crippen LogP contribution in [0.25, 0.3) is 16.1 Å². The van der Waals surface area contributed by atoms with Gasteiger partial charge in [0.05, 0.1) is 45.9 Å². The van der Waals surface area contributed by atoms with E-state index in [1.165, 1.54) is 24.7 Å². The molecule has 0 atom stereocenters. The van der Waals surface area contributed by atoms with Crippen molar-refractivity contribution in [1.29, 1.82) is 0 Å². The minimum atomic E-state index is -1.05. The van der Waals surface area contributed by atoms with E-state index < -0.39 is 5.97 Å². The number of hydrogen-bond donors (Lipinski definition) is 2. The molecule has 0 amide bonds. The van der Waals surface area contributed by atoms with Crippen LogP contribution in [0.2, 0.25) is 0 Å². The number of nitrogens with one attached hydrogen (secondary N) is 1. The fraction of sp³-hybridized carbons (Fsp3) is 0.174. The molecule has 31 heavy (non-hydrogen) atoms. The predicted molar refractivity (Wildman–Crippen MR) is 122 cm³/mol. The highest BCUT2D eigenvalue weighted by molar-refractivity contribution is 7.09. The van der Waals surface area contributed by atoms with Gasteiger partial charge >= 0.3 is 5.97 Å². The molecule has 0 aliphatic carbocycles. The number of para-hydroxylation sites is 1.